The maximum Gasteiger partial charge on any atom is 0.0739 e. The Labute approximate surface area is 93.3 Å². The molecule has 0 saturated heterocycles. The Balaban J connectivity index is 2.53. The number of aromatic nitrogens is 2. The van der Waals surface area contributed by atoms with Gasteiger partial charge in [-0.25, -0.2) is 0 Å². The minimum absolute atomic E-state index is 0.839. The fourth-order valence-corrected chi connectivity index (χ4v) is 1.76. The highest BCUT2D eigenvalue weighted by Crippen LogP contribution is 2.19. The fourth-order valence-electron chi connectivity index (χ4n) is 1.28. The lowest BCUT2D eigenvalue weighted by Crippen LogP contribution is -2.16. The summed E-state index contributed by atoms with van der Waals surface area (Å²) in [5.41, 5.74) is 2.22. The van der Waals surface area contributed by atoms with Crippen molar-refractivity contribution >= 4 is 15.9 Å². The van der Waals surface area contributed by atoms with Crippen LogP contribution in [0.25, 0.3) is 0 Å². The van der Waals surface area contributed by atoms with E-state index in [0.717, 1.165) is 29.7 Å². The maximum absolute atomic E-state index is 4.32. The molecule has 0 aliphatic carbocycles. The van der Waals surface area contributed by atoms with Crippen molar-refractivity contribution in [2.45, 2.75) is 19.9 Å². The zero-order valence-corrected chi connectivity index (χ0v) is 10.3. The largest absolute Gasteiger partial charge is 0.311 e. The average molecular weight is 258 g/mol. The van der Waals surface area contributed by atoms with E-state index in [4.69, 9.17) is 0 Å². The van der Waals surface area contributed by atoms with Crippen molar-refractivity contribution in [3.05, 3.63) is 28.5 Å². The number of halogens is 1. The van der Waals surface area contributed by atoms with Crippen molar-refractivity contribution in [1.82, 2.24) is 15.1 Å². The Morgan fingerprint density at radius 3 is 2.86 bits per heavy atom. The normalized spacial score (nSPS) is 10.5. The lowest BCUT2D eigenvalue weighted by atomic mass is 10.3. The van der Waals surface area contributed by atoms with Crippen LogP contribution in [0.5, 0.6) is 0 Å². The van der Waals surface area contributed by atoms with Gasteiger partial charge in [0.15, 0.2) is 0 Å². The Hall–Kier alpha value is -0.610. The molecule has 0 aliphatic rings. The first-order valence-corrected chi connectivity index (χ1v) is 5.45. The van der Waals surface area contributed by atoms with Gasteiger partial charge in [0.1, 0.15) is 0 Å². The van der Waals surface area contributed by atoms with Crippen molar-refractivity contribution in [3.63, 3.8) is 0 Å². The molecule has 3 nitrogen and oxygen atoms in total. The smallest absolute Gasteiger partial charge is 0.0739 e. The molecular formula is C10H16BrN3. The van der Waals surface area contributed by atoms with Gasteiger partial charge in [0.05, 0.1) is 15.9 Å². The van der Waals surface area contributed by atoms with Gasteiger partial charge in [-0.2, -0.15) is 5.10 Å². The Kier molecular flexibility index (Phi) is 4.35. The predicted octanol–water partition coefficient (Wildman–Crippen LogP) is 2.16. The first-order chi connectivity index (χ1) is 6.66. The first kappa shape index (κ1) is 11.5. The van der Waals surface area contributed by atoms with E-state index in [1.807, 2.05) is 24.7 Å². The van der Waals surface area contributed by atoms with Gasteiger partial charge in [0.25, 0.3) is 0 Å². The van der Waals surface area contributed by atoms with E-state index in [0.29, 0.717) is 0 Å². The highest BCUT2D eigenvalue weighted by atomic mass is 79.9. The topological polar surface area (TPSA) is 29.9 Å². The van der Waals surface area contributed by atoms with E-state index in [9.17, 15) is 0 Å². The lowest BCUT2D eigenvalue weighted by molar-refractivity contribution is 0.627. The lowest BCUT2D eigenvalue weighted by Gasteiger charge is -2.04. The van der Waals surface area contributed by atoms with E-state index in [2.05, 4.69) is 32.9 Å². The van der Waals surface area contributed by atoms with Crippen molar-refractivity contribution in [2.75, 3.05) is 6.54 Å². The third kappa shape index (κ3) is 2.69. The Morgan fingerprint density at radius 2 is 2.36 bits per heavy atom. The first-order valence-electron chi connectivity index (χ1n) is 4.66. The average Bonchev–Trinajstić information content (AvgIpc) is 2.38. The summed E-state index contributed by atoms with van der Waals surface area (Å²) in [6.45, 7) is 7.47. The molecule has 0 bridgehead atoms. The second kappa shape index (κ2) is 5.32. The Morgan fingerprint density at radius 1 is 1.64 bits per heavy atom. The third-order valence-corrected chi connectivity index (χ3v) is 3.11. The van der Waals surface area contributed by atoms with Crippen molar-refractivity contribution < 1.29 is 0 Å². The zero-order valence-electron chi connectivity index (χ0n) is 8.68. The standard InChI is InChI=1S/C10H16BrN3/c1-4-5-6-12-7-9-10(11)8(2)13-14(9)3/h4,12H,1,5-7H2,2-3H3. The van der Waals surface area contributed by atoms with Crippen LogP contribution in [0.1, 0.15) is 17.8 Å². The quantitative estimate of drug-likeness (QED) is 0.648. The van der Waals surface area contributed by atoms with Gasteiger partial charge in [-0.05, 0) is 35.8 Å². The van der Waals surface area contributed by atoms with Crippen LogP contribution in [-0.4, -0.2) is 16.3 Å². The summed E-state index contributed by atoms with van der Waals surface area (Å²) in [5, 5.41) is 7.65. The molecule has 78 valence electrons. The fraction of sp³-hybridized carbons (Fsp3) is 0.500. The molecule has 0 radical (unpaired) electrons. The van der Waals surface area contributed by atoms with Crippen LogP contribution in [0, 0.1) is 6.92 Å². The van der Waals surface area contributed by atoms with Crippen LogP contribution in [0.4, 0.5) is 0 Å². The van der Waals surface area contributed by atoms with Gasteiger partial charge in [-0.1, -0.05) is 6.08 Å². The predicted molar refractivity (Wildman–Crippen MR) is 62.2 cm³/mol. The van der Waals surface area contributed by atoms with Gasteiger partial charge in [-0.15, -0.1) is 6.58 Å². The van der Waals surface area contributed by atoms with Crippen LogP contribution >= 0.6 is 15.9 Å². The van der Waals surface area contributed by atoms with Gasteiger partial charge < -0.3 is 5.32 Å². The summed E-state index contributed by atoms with van der Waals surface area (Å²) < 4.78 is 3.01. The number of nitrogens with one attached hydrogen (secondary N) is 1. The van der Waals surface area contributed by atoms with Crippen LogP contribution in [0.15, 0.2) is 17.1 Å². The van der Waals surface area contributed by atoms with E-state index in [-0.39, 0.29) is 0 Å². The molecule has 0 unspecified atom stereocenters. The van der Waals surface area contributed by atoms with Crippen LogP contribution in [-0.2, 0) is 13.6 Å². The molecule has 0 saturated carbocycles. The molecule has 4 heteroatoms. The highest BCUT2D eigenvalue weighted by molar-refractivity contribution is 9.10. The number of nitrogens with zero attached hydrogens (tertiary/aromatic N) is 2. The molecule has 1 aromatic rings. The number of hydrogen-bond donors (Lipinski definition) is 1. The zero-order chi connectivity index (χ0) is 10.6. The SMILES string of the molecule is C=CCCNCc1c(Br)c(C)nn1C. The number of aryl methyl sites for hydroxylation is 2. The molecular weight excluding hydrogens is 242 g/mol. The molecule has 1 N–H and O–H groups in total. The molecule has 1 rings (SSSR count). The summed E-state index contributed by atoms with van der Waals surface area (Å²) in [7, 11) is 1.96. The summed E-state index contributed by atoms with van der Waals surface area (Å²) in [5.74, 6) is 0. The molecule has 0 aliphatic heterocycles. The Bertz CT molecular complexity index is 317. The van der Waals surface area contributed by atoms with Gasteiger partial charge >= 0.3 is 0 Å². The van der Waals surface area contributed by atoms with Gasteiger partial charge in [-0.3, -0.25) is 4.68 Å². The van der Waals surface area contributed by atoms with Crippen molar-refractivity contribution in [3.8, 4) is 0 Å². The second-order valence-electron chi connectivity index (χ2n) is 3.22. The molecule has 0 aromatic carbocycles. The van der Waals surface area contributed by atoms with E-state index < -0.39 is 0 Å². The van der Waals surface area contributed by atoms with Crippen LogP contribution in [0.2, 0.25) is 0 Å². The highest BCUT2D eigenvalue weighted by Gasteiger charge is 2.08. The van der Waals surface area contributed by atoms with Crippen LogP contribution < -0.4 is 5.32 Å². The van der Waals surface area contributed by atoms with E-state index >= 15 is 0 Å². The van der Waals surface area contributed by atoms with Gasteiger partial charge in [0.2, 0.25) is 0 Å². The molecule has 0 amide bonds. The summed E-state index contributed by atoms with van der Waals surface area (Å²) in [6.07, 6.45) is 2.91. The molecule has 1 heterocycles. The maximum atomic E-state index is 4.32. The molecule has 1 aromatic heterocycles. The monoisotopic (exact) mass is 257 g/mol. The minimum Gasteiger partial charge on any atom is -0.311 e. The number of hydrogen-bond acceptors (Lipinski definition) is 2. The van der Waals surface area contributed by atoms with Crippen molar-refractivity contribution in [1.29, 1.82) is 0 Å². The number of rotatable bonds is 5. The molecule has 0 atom stereocenters. The third-order valence-electron chi connectivity index (χ3n) is 2.08. The summed E-state index contributed by atoms with van der Waals surface area (Å²) in [4.78, 5) is 0. The van der Waals surface area contributed by atoms with Gasteiger partial charge in [0, 0.05) is 13.6 Å². The van der Waals surface area contributed by atoms with Crippen LogP contribution in [0.3, 0.4) is 0 Å². The second-order valence-corrected chi connectivity index (χ2v) is 4.02. The van der Waals surface area contributed by atoms with Crippen molar-refractivity contribution in [2.24, 2.45) is 7.05 Å². The molecule has 0 fully saturated rings. The summed E-state index contributed by atoms with van der Waals surface area (Å²) >= 11 is 3.53. The van der Waals surface area contributed by atoms with E-state index in [1.165, 1.54) is 5.69 Å². The molecule has 14 heavy (non-hydrogen) atoms. The molecule has 0 spiro atoms. The minimum atomic E-state index is 0.839. The van der Waals surface area contributed by atoms with E-state index in [1.54, 1.807) is 0 Å². The summed E-state index contributed by atoms with van der Waals surface area (Å²) in [6, 6.07) is 0.